The van der Waals surface area contributed by atoms with Crippen molar-refractivity contribution in [3.63, 3.8) is 0 Å². The minimum absolute atomic E-state index is 0.0660. The Labute approximate surface area is 118 Å². The second-order valence-corrected chi connectivity index (χ2v) is 6.93. The van der Waals surface area contributed by atoms with Gasteiger partial charge in [-0.15, -0.1) is 11.3 Å². The maximum absolute atomic E-state index is 12.5. The molecule has 3 nitrogen and oxygen atoms in total. The Morgan fingerprint density at radius 1 is 1.32 bits per heavy atom. The van der Waals surface area contributed by atoms with Gasteiger partial charge in [0.2, 0.25) is 5.91 Å². The fraction of sp³-hybridized carbons (Fsp3) is 0.667. The van der Waals surface area contributed by atoms with Crippen LogP contribution in [-0.4, -0.2) is 11.4 Å². The van der Waals surface area contributed by atoms with Crippen molar-refractivity contribution in [2.45, 2.75) is 62.9 Å². The van der Waals surface area contributed by atoms with Crippen molar-refractivity contribution < 1.29 is 4.79 Å². The van der Waals surface area contributed by atoms with E-state index in [2.05, 4.69) is 16.8 Å². The molecule has 1 unspecified atom stereocenters. The van der Waals surface area contributed by atoms with Gasteiger partial charge in [-0.2, -0.15) is 0 Å². The third-order valence-corrected chi connectivity index (χ3v) is 5.55. The quantitative estimate of drug-likeness (QED) is 0.874. The Morgan fingerprint density at radius 3 is 2.89 bits per heavy atom. The molecule has 1 aromatic rings. The third-order valence-electron chi connectivity index (χ3n) is 4.56. The molecule has 1 heterocycles. The summed E-state index contributed by atoms with van der Waals surface area (Å²) in [5.41, 5.74) is 7.01. The van der Waals surface area contributed by atoms with Gasteiger partial charge in [-0.1, -0.05) is 19.3 Å². The molecule has 1 saturated carbocycles. The summed E-state index contributed by atoms with van der Waals surface area (Å²) in [4.78, 5) is 13.9. The van der Waals surface area contributed by atoms with Crippen LogP contribution in [0.1, 0.15) is 61.4 Å². The summed E-state index contributed by atoms with van der Waals surface area (Å²) in [7, 11) is 0. The first kappa shape index (κ1) is 13.1. The van der Waals surface area contributed by atoms with Crippen molar-refractivity contribution >= 4 is 17.2 Å². The van der Waals surface area contributed by atoms with Crippen molar-refractivity contribution in [2.75, 3.05) is 0 Å². The van der Waals surface area contributed by atoms with Crippen LogP contribution in [-0.2, 0) is 11.2 Å². The average molecular weight is 278 g/mol. The van der Waals surface area contributed by atoms with Crippen molar-refractivity contribution in [1.29, 1.82) is 0 Å². The van der Waals surface area contributed by atoms with Crippen LogP contribution in [0.25, 0.3) is 0 Å². The summed E-state index contributed by atoms with van der Waals surface area (Å²) in [6.45, 7) is 0. The Morgan fingerprint density at radius 2 is 2.11 bits per heavy atom. The Hall–Kier alpha value is -0.870. The number of amides is 1. The highest BCUT2D eigenvalue weighted by atomic mass is 32.1. The van der Waals surface area contributed by atoms with Crippen LogP contribution in [0.15, 0.2) is 11.4 Å². The van der Waals surface area contributed by atoms with Gasteiger partial charge in [0.05, 0.1) is 11.6 Å². The maximum atomic E-state index is 12.5. The molecule has 2 aliphatic carbocycles. The van der Waals surface area contributed by atoms with Gasteiger partial charge in [0.25, 0.3) is 0 Å². The zero-order valence-electron chi connectivity index (χ0n) is 11.3. The lowest BCUT2D eigenvalue weighted by molar-refractivity contribution is -0.128. The molecule has 0 radical (unpaired) electrons. The van der Waals surface area contributed by atoms with Crippen LogP contribution in [0, 0.1) is 0 Å². The van der Waals surface area contributed by atoms with Crippen LogP contribution in [0.2, 0.25) is 0 Å². The average Bonchev–Trinajstić information content (AvgIpc) is 2.89. The molecule has 3 rings (SSSR count). The summed E-state index contributed by atoms with van der Waals surface area (Å²) >= 11 is 1.81. The predicted molar refractivity (Wildman–Crippen MR) is 78.1 cm³/mol. The molecule has 4 heteroatoms. The number of nitrogens with one attached hydrogen (secondary N) is 1. The number of rotatable bonds is 2. The summed E-state index contributed by atoms with van der Waals surface area (Å²) in [6, 6.07) is 2.35. The molecule has 104 valence electrons. The van der Waals surface area contributed by atoms with Gasteiger partial charge in [-0.25, -0.2) is 0 Å². The molecule has 0 bridgehead atoms. The Balaban J connectivity index is 1.71. The van der Waals surface area contributed by atoms with E-state index in [4.69, 9.17) is 5.73 Å². The van der Waals surface area contributed by atoms with Gasteiger partial charge >= 0.3 is 0 Å². The molecule has 0 aromatic carbocycles. The smallest absolute Gasteiger partial charge is 0.240 e. The fourth-order valence-corrected chi connectivity index (χ4v) is 4.34. The second kappa shape index (κ2) is 5.25. The van der Waals surface area contributed by atoms with Crippen LogP contribution in [0.4, 0.5) is 0 Å². The normalized spacial score (nSPS) is 25.6. The predicted octanol–water partition coefficient (Wildman–Crippen LogP) is 2.90. The Kier molecular flexibility index (Phi) is 3.63. The number of hydrogen-bond donors (Lipinski definition) is 2. The van der Waals surface area contributed by atoms with Crippen molar-refractivity contribution in [3.05, 3.63) is 21.9 Å². The van der Waals surface area contributed by atoms with Crippen molar-refractivity contribution in [1.82, 2.24) is 5.32 Å². The summed E-state index contributed by atoms with van der Waals surface area (Å²) in [5, 5.41) is 5.35. The SMILES string of the molecule is NC1(C(=O)NC2CCCc3sccc32)CCCCC1. The number of fused-ring (bicyclic) bond motifs is 1. The molecule has 0 spiro atoms. The van der Waals surface area contributed by atoms with Crippen LogP contribution >= 0.6 is 11.3 Å². The first-order valence-corrected chi connectivity index (χ1v) is 8.23. The van der Waals surface area contributed by atoms with E-state index in [9.17, 15) is 4.79 Å². The molecule has 3 N–H and O–H groups in total. The Bertz CT molecular complexity index is 462. The van der Waals surface area contributed by atoms with Crippen LogP contribution in [0.5, 0.6) is 0 Å². The number of aryl methyl sites for hydroxylation is 1. The van der Waals surface area contributed by atoms with Crippen LogP contribution in [0.3, 0.4) is 0 Å². The van der Waals surface area contributed by atoms with Gasteiger partial charge in [0, 0.05) is 4.88 Å². The molecule has 0 aliphatic heterocycles. The number of hydrogen-bond acceptors (Lipinski definition) is 3. The number of carbonyl (C=O) groups is 1. The lowest BCUT2D eigenvalue weighted by Gasteiger charge is -2.34. The molecule has 1 aromatic heterocycles. The molecule has 1 atom stereocenters. The van der Waals surface area contributed by atoms with E-state index in [1.807, 2.05) is 11.3 Å². The van der Waals surface area contributed by atoms with Gasteiger partial charge < -0.3 is 11.1 Å². The van der Waals surface area contributed by atoms with Crippen molar-refractivity contribution in [3.8, 4) is 0 Å². The third kappa shape index (κ3) is 2.56. The zero-order valence-corrected chi connectivity index (χ0v) is 12.1. The minimum atomic E-state index is -0.619. The lowest BCUT2D eigenvalue weighted by Crippen LogP contribution is -2.55. The highest BCUT2D eigenvalue weighted by Gasteiger charge is 2.37. The number of nitrogens with two attached hydrogens (primary N) is 1. The summed E-state index contributed by atoms with van der Waals surface area (Å²) in [5.74, 6) is 0.0660. The molecule has 1 fully saturated rings. The molecular weight excluding hydrogens is 256 g/mol. The van der Waals surface area contributed by atoms with E-state index in [1.54, 1.807) is 0 Å². The molecule has 1 amide bonds. The highest BCUT2D eigenvalue weighted by Crippen LogP contribution is 2.34. The van der Waals surface area contributed by atoms with E-state index < -0.39 is 5.54 Å². The monoisotopic (exact) mass is 278 g/mol. The van der Waals surface area contributed by atoms with Gasteiger partial charge in [0.15, 0.2) is 0 Å². The molecule has 2 aliphatic rings. The molecule has 0 saturated heterocycles. The van der Waals surface area contributed by atoms with E-state index in [0.29, 0.717) is 0 Å². The standard InChI is InChI=1S/C15H22N2OS/c16-15(8-2-1-3-9-15)14(18)17-12-5-4-6-13-11(12)7-10-19-13/h7,10,12H,1-6,8-9,16H2,(H,17,18). The first-order valence-electron chi connectivity index (χ1n) is 7.35. The minimum Gasteiger partial charge on any atom is -0.348 e. The topological polar surface area (TPSA) is 55.1 Å². The van der Waals surface area contributed by atoms with E-state index in [1.165, 1.54) is 16.9 Å². The fourth-order valence-electron chi connectivity index (χ4n) is 3.35. The van der Waals surface area contributed by atoms with Gasteiger partial charge in [-0.05, 0) is 49.1 Å². The zero-order chi connectivity index (χ0) is 13.3. The summed E-state index contributed by atoms with van der Waals surface area (Å²) in [6.07, 6.45) is 8.42. The molecule has 19 heavy (non-hydrogen) atoms. The van der Waals surface area contributed by atoms with E-state index in [0.717, 1.165) is 44.9 Å². The van der Waals surface area contributed by atoms with Gasteiger partial charge in [-0.3, -0.25) is 4.79 Å². The van der Waals surface area contributed by atoms with Crippen molar-refractivity contribution in [2.24, 2.45) is 5.73 Å². The number of thiophene rings is 1. The van der Waals surface area contributed by atoms with Gasteiger partial charge in [0.1, 0.15) is 0 Å². The molecular formula is C15H22N2OS. The van der Waals surface area contributed by atoms with E-state index >= 15 is 0 Å². The number of carbonyl (C=O) groups excluding carboxylic acids is 1. The maximum Gasteiger partial charge on any atom is 0.240 e. The highest BCUT2D eigenvalue weighted by molar-refractivity contribution is 7.10. The second-order valence-electron chi connectivity index (χ2n) is 5.93. The first-order chi connectivity index (χ1) is 9.19. The summed E-state index contributed by atoms with van der Waals surface area (Å²) < 4.78 is 0. The van der Waals surface area contributed by atoms with Crippen LogP contribution < -0.4 is 11.1 Å². The largest absolute Gasteiger partial charge is 0.348 e. The van der Waals surface area contributed by atoms with E-state index in [-0.39, 0.29) is 11.9 Å². The lowest BCUT2D eigenvalue weighted by atomic mass is 9.81.